The maximum Gasteiger partial charge on any atom is 0.351 e. The second-order valence-corrected chi connectivity index (χ2v) is 13.0. The van der Waals surface area contributed by atoms with Gasteiger partial charge in [0.1, 0.15) is 33.5 Å². The lowest BCUT2D eigenvalue weighted by molar-refractivity contribution is -0.664. The first kappa shape index (κ1) is 32.9. The molecule has 2 aliphatic heterocycles. The summed E-state index contributed by atoms with van der Waals surface area (Å²) in [5.74, 6) is -4.04. The molecule has 5 rings (SSSR count). The largest absolute Gasteiger partial charge is 0.543 e. The quantitative estimate of drug-likeness (QED) is 0.0451. The van der Waals surface area contributed by atoms with Gasteiger partial charge in [0.15, 0.2) is 10.8 Å². The Morgan fingerprint density at radius 2 is 2.11 bits per heavy atom. The number of rotatable bonds is 13. The number of hydrogen-bond acceptors (Lipinski definition) is 14. The Hall–Kier alpha value is -4.46. The first-order valence-corrected chi connectivity index (χ1v) is 16.0. The molecule has 0 radical (unpaired) electrons. The number of pyridine rings is 1. The van der Waals surface area contributed by atoms with Gasteiger partial charge in [-0.2, -0.15) is 0 Å². The van der Waals surface area contributed by atoms with E-state index in [1.54, 1.807) is 16.8 Å². The van der Waals surface area contributed by atoms with Crippen molar-refractivity contribution in [2.24, 2.45) is 5.16 Å². The molecule has 3 aromatic rings. The number of carboxylic acid groups (broad SMARTS) is 2. The summed E-state index contributed by atoms with van der Waals surface area (Å²) in [6.45, 7) is 2.71. The smallest absolute Gasteiger partial charge is 0.351 e. The zero-order chi connectivity index (χ0) is 33.3. The number of halogens is 1. The Labute approximate surface area is 274 Å². The molecule has 244 valence electrons. The summed E-state index contributed by atoms with van der Waals surface area (Å²) in [4.78, 5) is 64.7. The molecule has 3 aromatic heterocycles. The number of carbonyl (C=O) groups excluding carboxylic acids is 3. The van der Waals surface area contributed by atoms with Gasteiger partial charge in [-0.05, 0) is 44.1 Å². The molecule has 0 spiro atoms. The van der Waals surface area contributed by atoms with Crippen molar-refractivity contribution in [2.45, 2.75) is 44.0 Å². The number of carbonyl (C=O) groups is 4. The first-order valence-electron chi connectivity index (χ1n) is 13.8. The highest BCUT2D eigenvalue weighted by molar-refractivity contribution is 8.00. The molecule has 1 fully saturated rings. The fourth-order valence-electron chi connectivity index (χ4n) is 4.97. The number of amides is 2. The summed E-state index contributed by atoms with van der Waals surface area (Å²) in [7, 11) is 1.86. The molecule has 0 bridgehead atoms. The van der Waals surface area contributed by atoms with Crippen LogP contribution in [0.5, 0.6) is 0 Å². The number of hydrogen-bond donors (Lipinski definition) is 5. The first-order chi connectivity index (χ1) is 21.9. The number of nitrogens with one attached hydrogen (secondary N) is 2. The van der Waals surface area contributed by atoms with Crippen LogP contribution in [0.15, 0.2) is 34.8 Å². The van der Waals surface area contributed by atoms with Gasteiger partial charge in [-0.15, -0.1) is 11.8 Å². The highest BCUT2D eigenvalue weighted by atomic mass is 35.5. The Morgan fingerprint density at radius 1 is 1.35 bits per heavy atom. The number of oxime groups is 1. The number of aliphatic carboxylic acids is 2. The van der Waals surface area contributed by atoms with Crippen LogP contribution in [0.25, 0.3) is 11.2 Å². The molecule has 2 aliphatic rings. The average molecular weight is 693 g/mol. The van der Waals surface area contributed by atoms with Crippen LogP contribution in [0, 0.1) is 0 Å². The van der Waals surface area contributed by atoms with Crippen LogP contribution in [-0.4, -0.2) is 90.9 Å². The Bertz CT molecular complexity index is 1790. The monoisotopic (exact) mass is 692 g/mol. The fourth-order valence-corrected chi connectivity index (χ4v) is 7.24. The Morgan fingerprint density at radius 3 is 2.76 bits per heavy atom. The number of nitrogens with zero attached hydrogens (tertiary/aromatic N) is 6. The molecule has 17 nitrogen and oxygen atoms in total. The van der Waals surface area contributed by atoms with Crippen molar-refractivity contribution in [3.63, 3.8) is 0 Å². The standard InChI is InChI=1S/C26H29ClN10O7S2/c1-11(23(40)41)44-34-15(14-18(27)46-26(29)32-14)20(38)31-16-21(39)37-17(24(42)43)12(10-45-22(16)37)9-35-7-3-5-13-19(35)33-25(28)36(13)8-4-6-30-2/h3,5,7,11,16,22,28,30H,4,6,8-10H2,1-2H3,(H5,29,31,32,38,40,41,42,43)/b34-15-/t11-,16+,22+/m0/s1. The van der Waals surface area contributed by atoms with Gasteiger partial charge in [-0.3, -0.25) is 19.1 Å². The van der Waals surface area contributed by atoms with Gasteiger partial charge in [0.2, 0.25) is 6.10 Å². The molecule has 0 aliphatic carbocycles. The predicted molar refractivity (Wildman–Crippen MR) is 166 cm³/mol. The molecule has 1 saturated heterocycles. The van der Waals surface area contributed by atoms with Crippen molar-refractivity contribution in [1.29, 1.82) is 0 Å². The molecule has 0 unspecified atom stereocenters. The van der Waals surface area contributed by atoms with Gasteiger partial charge >= 0.3 is 17.6 Å². The van der Waals surface area contributed by atoms with Gasteiger partial charge in [-0.1, -0.05) is 28.1 Å². The number of thiazole rings is 1. The van der Waals surface area contributed by atoms with E-state index in [4.69, 9.17) is 33.0 Å². The SMILES string of the molecule is CNCCCn1c(N)nc2c1ccc[n+]2CC1=C(C(=O)[O-])N2C(=O)[C@@H](NC(=O)/C(=N\O[C@@H](C)C(=O)O)c3nc(N)sc3Cl)[C@H]2SC1. The number of carboxylic acids is 2. The average Bonchev–Trinajstić information content (AvgIpc) is 3.52. The van der Waals surface area contributed by atoms with E-state index in [-0.39, 0.29) is 33.2 Å². The van der Waals surface area contributed by atoms with Crippen molar-refractivity contribution < 1.29 is 38.8 Å². The lowest BCUT2D eigenvalue weighted by Gasteiger charge is -2.50. The van der Waals surface area contributed by atoms with Crippen molar-refractivity contribution in [3.05, 3.63) is 39.6 Å². The third kappa shape index (κ3) is 6.30. The van der Waals surface area contributed by atoms with Gasteiger partial charge in [0.05, 0.1) is 17.9 Å². The highest BCUT2D eigenvalue weighted by Crippen LogP contribution is 2.40. The number of nitrogens with two attached hydrogens (primary N) is 2. The molecule has 2 amide bonds. The summed E-state index contributed by atoms with van der Waals surface area (Å²) in [6, 6.07) is 2.52. The van der Waals surface area contributed by atoms with Crippen molar-refractivity contribution in [3.8, 4) is 0 Å². The van der Waals surface area contributed by atoms with Gasteiger partial charge in [0, 0.05) is 17.9 Å². The second-order valence-electron chi connectivity index (χ2n) is 10.2. The number of anilines is 2. The van der Waals surface area contributed by atoms with E-state index in [1.165, 1.54) is 18.7 Å². The molecular formula is C26H29ClN10O7S2. The maximum atomic E-state index is 13.3. The van der Waals surface area contributed by atoms with Gasteiger partial charge in [-0.25, -0.2) is 14.3 Å². The summed E-state index contributed by atoms with van der Waals surface area (Å²) >= 11 is 8.26. The van der Waals surface area contributed by atoms with Gasteiger partial charge < -0.3 is 41.9 Å². The highest BCUT2D eigenvalue weighted by Gasteiger charge is 2.53. The topological polar surface area (TPSA) is 247 Å². The van der Waals surface area contributed by atoms with E-state index in [0.29, 0.717) is 23.7 Å². The lowest BCUT2D eigenvalue weighted by Crippen LogP contribution is -2.71. The summed E-state index contributed by atoms with van der Waals surface area (Å²) in [6.07, 6.45) is 1.14. The number of fused-ring (bicyclic) bond motifs is 2. The minimum absolute atomic E-state index is 0.00795. The fraction of sp³-hybridized carbons (Fsp3) is 0.385. The van der Waals surface area contributed by atoms with Crippen LogP contribution in [0.4, 0.5) is 11.1 Å². The minimum atomic E-state index is -1.55. The van der Waals surface area contributed by atoms with Crippen LogP contribution in [0.1, 0.15) is 19.0 Å². The van der Waals surface area contributed by atoms with Crippen molar-refractivity contribution in [1.82, 2.24) is 30.1 Å². The van der Waals surface area contributed by atoms with E-state index in [0.717, 1.165) is 34.7 Å². The van der Waals surface area contributed by atoms with E-state index in [2.05, 4.69) is 25.8 Å². The van der Waals surface area contributed by atoms with E-state index in [1.807, 2.05) is 17.7 Å². The summed E-state index contributed by atoms with van der Waals surface area (Å²) in [5, 5.41) is 30.0. The lowest BCUT2D eigenvalue weighted by atomic mass is 10.0. The predicted octanol–water partition coefficient (Wildman–Crippen LogP) is -1.49. The van der Waals surface area contributed by atoms with Crippen LogP contribution < -0.4 is 31.8 Å². The van der Waals surface area contributed by atoms with Crippen LogP contribution in [0.3, 0.4) is 0 Å². The number of aryl methyl sites for hydroxylation is 1. The van der Waals surface area contributed by atoms with Crippen LogP contribution in [0.2, 0.25) is 4.34 Å². The van der Waals surface area contributed by atoms with Crippen molar-refractivity contribution in [2.75, 3.05) is 30.8 Å². The zero-order valence-electron chi connectivity index (χ0n) is 24.4. The molecule has 0 aromatic carbocycles. The molecule has 46 heavy (non-hydrogen) atoms. The third-order valence-corrected chi connectivity index (χ3v) is 9.62. The van der Waals surface area contributed by atoms with Crippen LogP contribution in [-0.2, 0) is 37.1 Å². The number of aromatic nitrogens is 4. The molecule has 0 saturated carbocycles. The summed E-state index contributed by atoms with van der Waals surface area (Å²) < 4.78 is 3.62. The molecule has 3 atom stereocenters. The molecule has 7 N–H and O–H groups in total. The summed E-state index contributed by atoms with van der Waals surface area (Å²) in [5.41, 5.74) is 12.7. The molecule has 5 heterocycles. The minimum Gasteiger partial charge on any atom is -0.543 e. The number of β-lactam (4-membered cyclic amide) rings is 1. The number of thioether (sulfide) groups is 1. The van der Waals surface area contributed by atoms with Crippen molar-refractivity contribution >= 4 is 86.4 Å². The van der Waals surface area contributed by atoms with E-state index in [9.17, 15) is 24.3 Å². The normalized spacial score (nSPS) is 18.7. The maximum absolute atomic E-state index is 13.3. The Kier molecular flexibility index (Phi) is 9.66. The Balaban J connectivity index is 1.38. The molecule has 20 heteroatoms. The number of imidazole rings is 1. The van der Waals surface area contributed by atoms with E-state index < -0.39 is 47.0 Å². The zero-order valence-corrected chi connectivity index (χ0v) is 26.8. The third-order valence-electron chi connectivity index (χ3n) is 7.20. The van der Waals surface area contributed by atoms with Crippen LogP contribution >= 0.6 is 34.7 Å². The molecular weight excluding hydrogens is 664 g/mol. The van der Waals surface area contributed by atoms with Gasteiger partial charge in [0.25, 0.3) is 11.8 Å². The number of nitrogen functional groups attached to an aromatic ring is 2. The second kappa shape index (κ2) is 13.5. The van der Waals surface area contributed by atoms with E-state index >= 15 is 0 Å².